The van der Waals surface area contributed by atoms with E-state index in [9.17, 15) is 8.42 Å². The maximum atomic E-state index is 12.4. The van der Waals surface area contributed by atoms with Crippen molar-refractivity contribution >= 4 is 33.0 Å². The van der Waals surface area contributed by atoms with E-state index < -0.39 is 10.0 Å². The summed E-state index contributed by atoms with van der Waals surface area (Å²) >= 11 is 6.03. The number of fused-ring (bicyclic) bond motifs is 1. The van der Waals surface area contributed by atoms with Crippen LogP contribution in [0.25, 0.3) is 0 Å². The van der Waals surface area contributed by atoms with Crippen molar-refractivity contribution in [2.45, 2.75) is 5.75 Å². The van der Waals surface area contributed by atoms with Gasteiger partial charge >= 0.3 is 0 Å². The van der Waals surface area contributed by atoms with Gasteiger partial charge in [0, 0.05) is 12.1 Å². The maximum Gasteiger partial charge on any atom is 0.236 e. The molecule has 2 aromatic rings. The maximum absolute atomic E-state index is 12.4. The lowest BCUT2D eigenvalue weighted by molar-refractivity contribution is 0.311. The minimum atomic E-state index is -3.55. The van der Waals surface area contributed by atoms with E-state index in [0.29, 0.717) is 22.9 Å². The van der Waals surface area contributed by atoms with E-state index in [2.05, 4.69) is 4.72 Å². The van der Waals surface area contributed by atoms with Gasteiger partial charge in [0.1, 0.15) is 12.4 Å². The molecule has 3 rings (SSSR count). The average Bonchev–Trinajstić information content (AvgIpc) is 2.50. The number of benzene rings is 2. The Bertz CT molecular complexity index is 824. The zero-order valence-corrected chi connectivity index (χ0v) is 14.2. The van der Waals surface area contributed by atoms with Gasteiger partial charge in [0.05, 0.1) is 23.7 Å². The zero-order chi connectivity index (χ0) is 16.4. The summed E-state index contributed by atoms with van der Waals surface area (Å²) in [5, 5.41) is 0.441. The van der Waals surface area contributed by atoms with Gasteiger partial charge in [-0.3, -0.25) is 4.72 Å². The van der Waals surface area contributed by atoms with Crippen molar-refractivity contribution in [2.24, 2.45) is 0 Å². The standard InChI is InChI=1S/C16H17ClN2O3S/c1-19-8-9-22-16-7-6-13(10-15(16)19)18-23(20,21)11-12-4-2-3-5-14(12)17/h2-7,10,18H,8-9,11H2,1H3. The molecule has 0 saturated heterocycles. The summed E-state index contributed by atoms with van der Waals surface area (Å²) in [6.45, 7) is 1.39. The summed E-state index contributed by atoms with van der Waals surface area (Å²) in [6, 6.07) is 12.2. The smallest absolute Gasteiger partial charge is 0.236 e. The highest BCUT2D eigenvalue weighted by Crippen LogP contribution is 2.33. The molecule has 122 valence electrons. The van der Waals surface area contributed by atoms with Gasteiger partial charge in [-0.05, 0) is 29.8 Å². The van der Waals surface area contributed by atoms with Crippen molar-refractivity contribution < 1.29 is 13.2 Å². The molecule has 0 spiro atoms. The van der Waals surface area contributed by atoms with Gasteiger partial charge in [-0.2, -0.15) is 0 Å². The van der Waals surface area contributed by atoms with Crippen LogP contribution in [0, 0.1) is 0 Å². The zero-order valence-electron chi connectivity index (χ0n) is 12.6. The molecule has 0 bridgehead atoms. The van der Waals surface area contributed by atoms with Crippen LogP contribution < -0.4 is 14.4 Å². The Kier molecular flexibility index (Phi) is 4.37. The second-order valence-electron chi connectivity index (χ2n) is 5.41. The number of sulfonamides is 1. The summed E-state index contributed by atoms with van der Waals surface area (Å²) in [5.74, 6) is 0.587. The van der Waals surface area contributed by atoms with E-state index in [-0.39, 0.29) is 5.75 Å². The molecule has 0 atom stereocenters. The SMILES string of the molecule is CN1CCOc2ccc(NS(=O)(=O)Cc3ccccc3Cl)cc21. The number of ether oxygens (including phenoxy) is 1. The molecule has 1 aliphatic heterocycles. The largest absolute Gasteiger partial charge is 0.490 e. The van der Waals surface area contributed by atoms with Crippen molar-refractivity contribution in [3.8, 4) is 5.75 Å². The van der Waals surface area contributed by atoms with Crippen LogP contribution in [0.1, 0.15) is 5.56 Å². The molecule has 1 aliphatic rings. The molecule has 0 radical (unpaired) electrons. The molecule has 7 heteroatoms. The van der Waals surface area contributed by atoms with Crippen molar-refractivity contribution in [3.05, 3.63) is 53.1 Å². The van der Waals surface area contributed by atoms with Crippen LogP contribution in [-0.2, 0) is 15.8 Å². The first kappa shape index (κ1) is 16.0. The molecule has 2 aromatic carbocycles. The van der Waals surface area contributed by atoms with Gasteiger partial charge in [0.2, 0.25) is 10.0 Å². The summed E-state index contributed by atoms with van der Waals surface area (Å²) in [4.78, 5) is 2.03. The molecule has 0 aliphatic carbocycles. The van der Waals surface area contributed by atoms with Gasteiger partial charge < -0.3 is 9.64 Å². The van der Waals surface area contributed by atoms with Gasteiger partial charge in [-0.15, -0.1) is 0 Å². The van der Waals surface area contributed by atoms with Crippen LogP contribution in [0.2, 0.25) is 5.02 Å². The number of hydrogen-bond donors (Lipinski definition) is 1. The Morgan fingerprint density at radius 3 is 2.83 bits per heavy atom. The Hall–Kier alpha value is -1.92. The second-order valence-corrected chi connectivity index (χ2v) is 7.53. The molecular formula is C16H17ClN2O3S. The Morgan fingerprint density at radius 1 is 1.26 bits per heavy atom. The number of halogens is 1. The van der Waals surface area contributed by atoms with Crippen LogP contribution >= 0.6 is 11.6 Å². The highest BCUT2D eigenvalue weighted by Gasteiger charge is 2.18. The highest BCUT2D eigenvalue weighted by atomic mass is 35.5. The lowest BCUT2D eigenvalue weighted by Gasteiger charge is -2.28. The van der Waals surface area contributed by atoms with Crippen LogP contribution in [0.3, 0.4) is 0 Å². The molecule has 5 nitrogen and oxygen atoms in total. The van der Waals surface area contributed by atoms with Gasteiger partial charge in [0.25, 0.3) is 0 Å². The van der Waals surface area contributed by atoms with Crippen molar-refractivity contribution in [3.63, 3.8) is 0 Å². The van der Waals surface area contributed by atoms with Crippen LogP contribution in [0.4, 0.5) is 11.4 Å². The van der Waals surface area contributed by atoms with E-state index >= 15 is 0 Å². The predicted octanol–water partition coefficient (Wildman–Crippen LogP) is 3.11. The van der Waals surface area contributed by atoms with E-state index in [4.69, 9.17) is 16.3 Å². The number of nitrogens with zero attached hydrogens (tertiary/aromatic N) is 1. The first-order chi connectivity index (χ1) is 10.9. The average molecular weight is 353 g/mol. The van der Waals surface area contributed by atoms with Gasteiger partial charge in [-0.1, -0.05) is 29.8 Å². The fourth-order valence-corrected chi connectivity index (χ4v) is 3.95. The molecule has 0 unspecified atom stereocenters. The molecule has 0 saturated carbocycles. The Balaban J connectivity index is 1.81. The second kappa shape index (κ2) is 6.29. The van der Waals surface area contributed by atoms with E-state index in [1.54, 1.807) is 42.5 Å². The molecule has 1 heterocycles. The molecule has 0 fully saturated rings. The van der Waals surface area contributed by atoms with Gasteiger partial charge in [-0.25, -0.2) is 8.42 Å². The topological polar surface area (TPSA) is 58.6 Å². The van der Waals surface area contributed by atoms with E-state index in [0.717, 1.165) is 18.0 Å². The molecule has 0 amide bonds. The minimum Gasteiger partial charge on any atom is -0.490 e. The third-order valence-corrected chi connectivity index (χ3v) is 5.24. The summed E-state index contributed by atoms with van der Waals surface area (Å²) in [6.07, 6.45) is 0. The number of likely N-dealkylation sites (N-methyl/N-ethyl adjacent to an activating group) is 1. The summed E-state index contributed by atoms with van der Waals surface area (Å²) < 4.78 is 32.9. The first-order valence-corrected chi connectivity index (χ1v) is 9.19. The molecule has 0 aromatic heterocycles. The van der Waals surface area contributed by atoms with Crippen LogP contribution in [-0.4, -0.2) is 28.6 Å². The van der Waals surface area contributed by atoms with Crippen molar-refractivity contribution in [1.82, 2.24) is 0 Å². The summed E-state index contributed by atoms with van der Waals surface area (Å²) in [7, 11) is -1.60. The van der Waals surface area contributed by atoms with E-state index in [1.807, 2.05) is 11.9 Å². The first-order valence-electron chi connectivity index (χ1n) is 7.16. The third kappa shape index (κ3) is 3.71. The van der Waals surface area contributed by atoms with Crippen molar-refractivity contribution in [2.75, 3.05) is 29.8 Å². The lowest BCUT2D eigenvalue weighted by Crippen LogP contribution is -2.28. The number of hydrogen-bond acceptors (Lipinski definition) is 4. The Labute approximate surface area is 140 Å². The number of rotatable bonds is 4. The molecule has 23 heavy (non-hydrogen) atoms. The predicted molar refractivity (Wildman–Crippen MR) is 92.9 cm³/mol. The lowest BCUT2D eigenvalue weighted by atomic mass is 10.2. The minimum absolute atomic E-state index is 0.171. The van der Waals surface area contributed by atoms with E-state index in [1.165, 1.54) is 0 Å². The van der Waals surface area contributed by atoms with Crippen LogP contribution in [0.15, 0.2) is 42.5 Å². The van der Waals surface area contributed by atoms with Crippen LogP contribution in [0.5, 0.6) is 5.75 Å². The third-order valence-electron chi connectivity index (χ3n) is 3.63. The fourth-order valence-electron chi connectivity index (χ4n) is 2.45. The normalized spacial score (nSPS) is 14.1. The quantitative estimate of drug-likeness (QED) is 0.918. The fraction of sp³-hybridized carbons (Fsp3) is 0.250. The summed E-state index contributed by atoms with van der Waals surface area (Å²) in [5.41, 5.74) is 1.95. The van der Waals surface area contributed by atoms with Gasteiger partial charge in [0.15, 0.2) is 0 Å². The number of anilines is 2. The molecule has 1 N–H and O–H groups in total. The van der Waals surface area contributed by atoms with Crippen molar-refractivity contribution in [1.29, 1.82) is 0 Å². The molecular weight excluding hydrogens is 336 g/mol. The monoisotopic (exact) mass is 352 g/mol. The highest BCUT2D eigenvalue weighted by molar-refractivity contribution is 7.91. The number of nitrogens with one attached hydrogen (secondary N) is 1. The Morgan fingerprint density at radius 2 is 2.04 bits per heavy atom.